The molecule has 0 radical (unpaired) electrons. The van der Waals surface area contributed by atoms with Crippen molar-refractivity contribution in [3.63, 3.8) is 0 Å². The largest absolute Gasteiger partial charge is 0.492 e. The first-order chi connectivity index (χ1) is 9.29. The monoisotopic (exact) mass is 263 g/mol. The molecule has 1 aromatic rings. The Morgan fingerprint density at radius 2 is 2.11 bits per heavy atom. The van der Waals surface area contributed by atoms with E-state index in [0.29, 0.717) is 12.5 Å². The lowest BCUT2D eigenvalue weighted by atomic mass is 9.84. The molecule has 3 heteroatoms. The van der Waals surface area contributed by atoms with Gasteiger partial charge in [0.2, 0.25) is 0 Å². The van der Waals surface area contributed by atoms with Crippen LogP contribution in [0, 0.1) is 5.92 Å². The standard InChI is InChI=1S/C16H25NO2/c1-2-8-19-15-10-14(11-17-12-15)16(18)9-13-6-4-3-5-7-13/h10-13,16,18H,2-9H2,1H3. The molecule has 0 saturated heterocycles. The third-order valence-corrected chi connectivity index (χ3v) is 3.87. The summed E-state index contributed by atoms with van der Waals surface area (Å²) in [5.41, 5.74) is 0.888. The van der Waals surface area contributed by atoms with Gasteiger partial charge in [0.25, 0.3) is 0 Å². The van der Waals surface area contributed by atoms with Gasteiger partial charge in [-0.15, -0.1) is 0 Å². The highest BCUT2D eigenvalue weighted by atomic mass is 16.5. The quantitative estimate of drug-likeness (QED) is 0.847. The van der Waals surface area contributed by atoms with Crippen LogP contribution in [0.1, 0.15) is 63.5 Å². The molecule has 1 heterocycles. The van der Waals surface area contributed by atoms with Crippen LogP contribution < -0.4 is 4.74 Å². The first-order valence-electron chi connectivity index (χ1n) is 7.55. The van der Waals surface area contributed by atoms with E-state index in [1.807, 2.05) is 6.07 Å². The summed E-state index contributed by atoms with van der Waals surface area (Å²) in [4.78, 5) is 4.17. The van der Waals surface area contributed by atoms with E-state index in [1.54, 1.807) is 12.4 Å². The molecule has 1 saturated carbocycles. The highest BCUT2D eigenvalue weighted by Gasteiger charge is 2.19. The zero-order chi connectivity index (χ0) is 13.5. The summed E-state index contributed by atoms with van der Waals surface area (Å²) in [5, 5.41) is 10.3. The van der Waals surface area contributed by atoms with E-state index in [2.05, 4.69) is 11.9 Å². The summed E-state index contributed by atoms with van der Waals surface area (Å²) < 4.78 is 5.56. The van der Waals surface area contributed by atoms with E-state index >= 15 is 0 Å². The predicted octanol–water partition coefficient (Wildman–Crippen LogP) is 3.87. The lowest BCUT2D eigenvalue weighted by molar-refractivity contribution is 0.130. The second-order valence-corrected chi connectivity index (χ2v) is 5.56. The fourth-order valence-electron chi connectivity index (χ4n) is 2.79. The molecule has 2 rings (SSSR count). The molecule has 19 heavy (non-hydrogen) atoms. The SMILES string of the molecule is CCCOc1cncc(C(O)CC2CCCCC2)c1. The van der Waals surface area contributed by atoms with Crippen LogP contribution in [0.25, 0.3) is 0 Å². The van der Waals surface area contributed by atoms with Crippen molar-refractivity contribution in [1.29, 1.82) is 0 Å². The van der Waals surface area contributed by atoms with Crippen LogP contribution in [0.5, 0.6) is 5.75 Å². The summed E-state index contributed by atoms with van der Waals surface area (Å²) >= 11 is 0. The van der Waals surface area contributed by atoms with Gasteiger partial charge in [-0.25, -0.2) is 0 Å². The average molecular weight is 263 g/mol. The van der Waals surface area contributed by atoms with Crippen molar-refractivity contribution < 1.29 is 9.84 Å². The van der Waals surface area contributed by atoms with Gasteiger partial charge in [0, 0.05) is 11.8 Å². The van der Waals surface area contributed by atoms with Gasteiger partial charge in [0.1, 0.15) is 5.75 Å². The van der Waals surface area contributed by atoms with Gasteiger partial charge in [-0.1, -0.05) is 39.0 Å². The Kier molecular flexibility index (Phi) is 5.64. The minimum absolute atomic E-state index is 0.402. The second kappa shape index (κ2) is 7.49. The topological polar surface area (TPSA) is 42.4 Å². The van der Waals surface area contributed by atoms with Crippen molar-refractivity contribution in [2.75, 3.05) is 6.61 Å². The maximum atomic E-state index is 10.3. The Morgan fingerprint density at radius 3 is 2.84 bits per heavy atom. The number of hydrogen-bond donors (Lipinski definition) is 1. The van der Waals surface area contributed by atoms with Crippen LogP contribution in [0.3, 0.4) is 0 Å². The molecular formula is C16H25NO2. The Hall–Kier alpha value is -1.09. The molecule has 1 unspecified atom stereocenters. The molecule has 0 bridgehead atoms. The minimum atomic E-state index is -0.402. The van der Waals surface area contributed by atoms with Gasteiger partial charge in [0.05, 0.1) is 18.9 Å². The number of nitrogens with zero attached hydrogens (tertiary/aromatic N) is 1. The molecule has 1 fully saturated rings. The molecular weight excluding hydrogens is 238 g/mol. The fourth-order valence-corrected chi connectivity index (χ4v) is 2.79. The number of aromatic nitrogens is 1. The van der Waals surface area contributed by atoms with Crippen LogP contribution in [0.15, 0.2) is 18.5 Å². The number of rotatable bonds is 6. The van der Waals surface area contributed by atoms with Gasteiger partial charge in [0.15, 0.2) is 0 Å². The molecule has 1 aromatic heterocycles. The van der Waals surface area contributed by atoms with Crippen molar-refractivity contribution >= 4 is 0 Å². The zero-order valence-electron chi connectivity index (χ0n) is 11.8. The van der Waals surface area contributed by atoms with E-state index in [0.717, 1.165) is 24.2 Å². The van der Waals surface area contributed by atoms with Crippen LogP contribution in [0.4, 0.5) is 0 Å². The molecule has 106 valence electrons. The molecule has 0 aliphatic heterocycles. The Balaban J connectivity index is 1.91. The van der Waals surface area contributed by atoms with Crippen molar-refractivity contribution in [3.05, 3.63) is 24.0 Å². The lowest BCUT2D eigenvalue weighted by Crippen LogP contribution is -2.11. The molecule has 1 aliphatic rings. The van der Waals surface area contributed by atoms with Crippen molar-refractivity contribution in [3.8, 4) is 5.75 Å². The second-order valence-electron chi connectivity index (χ2n) is 5.56. The summed E-state index contributed by atoms with van der Waals surface area (Å²) in [6.07, 6.45) is 11.4. The Morgan fingerprint density at radius 1 is 1.32 bits per heavy atom. The minimum Gasteiger partial charge on any atom is -0.492 e. The maximum absolute atomic E-state index is 10.3. The van der Waals surface area contributed by atoms with E-state index < -0.39 is 6.10 Å². The van der Waals surface area contributed by atoms with Crippen LogP contribution in [-0.4, -0.2) is 16.7 Å². The molecule has 1 N–H and O–H groups in total. The van der Waals surface area contributed by atoms with Crippen LogP contribution in [-0.2, 0) is 0 Å². The predicted molar refractivity (Wildman–Crippen MR) is 76.2 cm³/mol. The van der Waals surface area contributed by atoms with Crippen molar-refractivity contribution in [2.45, 2.75) is 58.0 Å². The highest BCUT2D eigenvalue weighted by molar-refractivity contribution is 5.25. The van der Waals surface area contributed by atoms with Crippen LogP contribution in [0.2, 0.25) is 0 Å². The van der Waals surface area contributed by atoms with Gasteiger partial charge in [-0.2, -0.15) is 0 Å². The van der Waals surface area contributed by atoms with Crippen molar-refractivity contribution in [1.82, 2.24) is 4.98 Å². The summed E-state index contributed by atoms with van der Waals surface area (Å²) in [6, 6.07) is 1.93. The van der Waals surface area contributed by atoms with Gasteiger partial charge < -0.3 is 9.84 Å². The molecule has 0 amide bonds. The van der Waals surface area contributed by atoms with Gasteiger partial charge in [-0.3, -0.25) is 4.98 Å². The van der Waals surface area contributed by atoms with E-state index in [1.165, 1.54) is 32.1 Å². The summed E-state index contributed by atoms with van der Waals surface area (Å²) in [5.74, 6) is 1.44. The molecule has 0 spiro atoms. The third-order valence-electron chi connectivity index (χ3n) is 3.87. The normalized spacial score (nSPS) is 18.2. The van der Waals surface area contributed by atoms with E-state index in [4.69, 9.17) is 4.74 Å². The van der Waals surface area contributed by atoms with E-state index in [-0.39, 0.29) is 0 Å². The Labute approximate surface area is 116 Å². The molecule has 1 aliphatic carbocycles. The maximum Gasteiger partial charge on any atom is 0.137 e. The number of ether oxygens (including phenoxy) is 1. The smallest absolute Gasteiger partial charge is 0.137 e. The number of hydrogen-bond acceptors (Lipinski definition) is 3. The van der Waals surface area contributed by atoms with Crippen LogP contribution >= 0.6 is 0 Å². The first-order valence-corrected chi connectivity index (χ1v) is 7.55. The lowest BCUT2D eigenvalue weighted by Gasteiger charge is -2.24. The fraction of sp³-hybridized carbons (Fsp3) is 0.688. The number of aliphatic hydroxyl groups excluding tert-OH is 1. The highest BCUT2D eigenvalue weighted by Crippen LogP contribution is 2.32. The Bertz CT molecular complexity index is 375. The zero-order valence-corrected chi connectivity index (χ0v) is 11.8. The first kappa shape index (κ1) is 14.3. The average Bonchev–Trinajstić information content (AvgIpc) is 2.46. The number of aliphatic hydroxyl groups is 1. The van der Waals surface area contributed by atoms with Gasteiger partial charge in [-0.05, 0) is 24.8 Å². The molecule has 0 aromatic carbocycles. The van der Waals surface area contributed by atoms with Gasteiger partial charge >= 0.3 is 0 Å². The third kappa shape index (κ3) is 4.50. The van der Waals surface area contributed by atoms with E-state index in [9.17, 15) is 5.11 Å². The molecule has 1 atom stereocenters. The summed E-state index contributed by atoms with van der Waals surface area (Å²) in [7, 11) is 0. The number of pyridine rings is 1. The van der Waals surface area contributed by atoms with Crippen molar-refractivity contribution in [2.24, 2.45) is 5.92 Å². The summed E-state index contributed by atoms with van der Waals surface area (Å²) in [6.45, 7) is 2.78. The molecule has 3 nitrogen and oxygen atoms in total.